The van der Waals surface area contributed by atoms with Crippen LogP contribution in [0.2, 0.25) is 0 Å². The zero-order valence-corrected chi connectivity index (χ0v) is 10.8. The molecule has 1 aliphatic rings. The van der Waals surface area contributed by atoms with Crippen LogP contribution in [0.15, 0.2) is 24.3 Å². The topological polar surface area (TPSA) is 60.8 Å². The number of β-amino-alcohol motifs (C(OH)–C–C–N with tert-alkyl or cyclic N) is 1. The third-order valence-corrected chi connectivity index (χ3v) is 3.17. The van der Waals surface area contributed by atoms with Crippen LogP contribution in [0.3, 0.4) is 0 Å². The first-order valence-electron chi connectivity index (χ1n) is 6.12. The minimum absolute atomic E-state index is 0.455. The monoisotopic (exact) mass is 249 g/mol. The highest BCUT2D eigenvalue weighted by Gasteiger charge is 2.31. The van der Waals surface area contributed by atoms with Gasteiger partial charge < -0.3 is 10.2 Å². The summed E-state index contributed by atoms with van der Waals surface area (Å²) in [6.07, 6.45) is 0. The molecule has 0 aromatic heterocycles. The second-order valence-corrected chi connectivity index (χ2v) is 5.57. The molecule has 0 fully saturated rings. The van der Waals surface area contributed by atoms with E-state index in [1.165, 1.54) is 0 Å². The van der Waals surface area contributed by atoms with Crippen LogP contribution >= 0.6 is 0 Å². The molecule has 1 aromatic rings. The molecule has 1 aromatic carbocycles. The van der Waals surface area contributed by atoms with Crippen LogP contribution < -0.4 is 0 Å². The molecule has 0 radical (unpaired) electrons. The van der Waals surface area contributed by atoms with Gasteiger partial charge in [0.25, 0.3) is 0 Å². The highest BCUT2D eigenvalue weighted by atomic mass is 16.4. The Morgan fingerprint density at radius 2 is 2.11 bits per heavy atom. The molecule has 1 atom stereocenters. The van der Waals surface area contributed by atoms with Gasteiger partial charge in [0.05, 0.1) is 11.5 Å². The first-order valence-corrected chi connectivity index (χ1v) is 6.12. The van der Waals surface area contributed by atoms with E-state index < -0.39 is 17.5 Å². The lowest BCUT2D eigenvalue weighted by molar-refractivity contribution is -0.140. The third kappa shape index (κ3) is 2.89. The zero-order chi connectivity index (χ0) is 13.3. The average molecular weight is 249 g/mol. The van der Waals surface area contributed by atoms with E-state index in [4.69, 9.17) is 0 Å². The highest BCUT2D eigenvalue weighted by Crippen LogP contribution is 2.29. The predicted octanol–water partition coefficient (Wildman–Crippen LogP) is 1.44. The van der Waals surface area contributed by atoms with Crippen molar-refractivity contribution in [2.24, 2.45) is 0 Å². The number of hydrogen-bond acceptors (Lipinski definition) is 3. The van der Waals surface area contributed by atoms with Gasteiger partial charge in [-0.2, -0.15) is 0 Å². The largest absolute Gasteiger partial charge is 0.481 e. The second kappa shape index (κ2) is 4.71. The maximum Gasteiger partial charge on any atom is 0.312 e. The van der Waals surface area contributed by atoms with E-state index in [1.54, 1.807) is 13.8 Å². The molecule has 1 heterocycles. The quantitative estimate of drug-likeness (QED) is 0.851. The maximum absolute atomic E-state index is 11.3. The van der Waals surface area contributed by atoms with Crippen molar-refractivity contribution in [1.82, 2.24) is 4.90 Å². The highest BCUT2D eigenvalue weighted by molar-refractivity contribution is 5.77. The Bertz CT molecular complexity index is 451. The first kappa shape index (κ1) is 13.1. The van der Waals surface area contributed by atoms with Crippen LogP contribution in [-0.4, -0.2) is 39.8 Å². The molecule has 0 bridgehead atoms. The molecule has 98 valence electrons. The Labute approximate surface area is 107 Å². The molecule has 2 N–H and O–H groups in total. The van der Waals surface area contributed by atoms with Crippen molar-refractivity contribution >= 4 is 5.97 Å². The third-order valence-electron chi connectivity index (χ3n) is 3.17. The van der Waals surface area contributed by atoms with E-state index in [2.05, 4.69) is 0 Å². The summed E-state index contributed by atoms with van der Waals surface area (Å²) >= 11 is 0. The van der Waals surface area contributed by atoms with E-state index in [0.717, 1.165) is 11.1 Å². The average Bonchev–Trinajstić information content (AvgIpc) is 2.25. The van der Waals surface area contributed by atoms with Gasteiger partial charge >= 0.3 is 5.97 Å². The summed E-state index contributed by atoms with van der Waals surface area (Å²) in [7, 11) is 0. The van der Waals surface area contributed by atoms with E-state index >= 15 is 0 Å². The summed E-state index contributed by atoms with van der Waals surface area (Å²) in [4.78, 5) is 13.3. The van der Waals surface area contributed by atoms with E-state index in [0.29, 0.717) is 19.6 Å². The predicted molar refractivity (Wildman–Crippen MR) is 68.4 cm³/mol. The smallest absolute Gasteiger partial charge is 0.312 e. The van der Waals surface area contributed by atoms with Crippen molar-refractivity contribution in [2.45, 2.75) is 31.9 Å². The fourth-order valence-corrected chi connectivity index (χ4v) is 2.56. The van der Waals surface area contributed by atoms with Crippen LogP contribution in [0.25, 0.3) is 0 Å². The van der Waals surface area contributed by atoms with Gasteiger partial charge in [-0.25, -0.2) is 0 Å². The molecule has 4 heteroatoms. The van der Waals surface area contributed by atoms with Crippen LogP contribution in [0.4, 0.5) is 0 Å². The summed E-state index contributed by atoms with van der Waals surface area (Å²) in [5.41, 5.74) is 1.13. The molecule has 1 unspecified atom stereocenters. The Hall–Kier alpha value is -1.39. The number of carboxylic acid groups (broad SMARTS) is 1. The lowest BCUT2D eigenvalue weighted by atomic mass is 9.89. The second-order valence-electron chi connectivity index (χ2n) is 5.57. The fourth-order valence-electron chi connectivity index (χ4n) is 2.56. The fraction of sp³-hybridized carbons (Fsp3) is 0.500. The lowest BCUT2D eigenvalue weighted by Gasteiger charge is -2.35. The van der Waals surface area contributed by atoms with Crippen molar-refractivity contribution in [2.75, 3.05) is 13.1 Å². The first-order chi connectivity index (χ1) is 8.37. The SMILES string of the molecule is CC(C)(O)CN1Cc2ccccc2C(C(=O)O)C1. The summed E-state index contributed by atoms with van der Waals surface area (Å²) in [6, 6.07) is 7.64. The Balaban J connectivity index is 2.26. The standard InChI is InChI=1S/C14H19NO3/c1-14(2,18)9-15-7-10-5-3-4-6-11(10)12(8-15)13(16)17/h3-6,12,18H,7-9H2,1-2H3,(H,16,17). The van der Waals surface area contributed by atoms with E-state index in [-0.39, 0.29) is 0 Å². The minimum atomic E-state index is -0.810. The van der Waals surface area contributed by atoms with E-state index in [9.17, 15) is 15.0 Å². The Morgan fingerprint density at radius 3 is 2.72 bits per heavy atom. The summed E-state index contributed by atoms with van der Waals surface area (Å²) in [5.74, 6) is -1.31. The van der Waals surface area contributed by atoms with Gasteiger partial charge in [0.2, 0.25) is 0 Å². The lowest BCUT2D eigenvalue weighted by Crippen LogP contribution is -2.44. The molecule has 2 rings (SSSR count). The molecule has 18 heavy (non-hydrogen) atoms. The minimum Gasteiger partial charge on any atom is -0.481 e. The number of nitrogens with zero attached hydrogens (tertiary/aromatic N) is 1. The number of fused-ring (bicyclic) bond motifs is 1. The molecule has 0 amide bonds. The van der Waals surface area contributed by atoms with Gasteiger partial charge in [-0.1, -0.05) is 24.3 Å². The van der Waals surface area contributed by atoms with Crippen molar-refractivity contribution in [3.63, 3.8) is 0 Å². The molecule has 0 spiro atoms. The van der Waals surface area contributed by atoms with Crippen molar-refractivity contribution in [3.8, 4) is 0 Å². The van der Waals surface area contributed by atoms with Crippen LogP contribution in [0.1, 0.15) is 30.9 Å². The van der Waals surface area contributed by atoms with Crippen molar-refractivity contribution in [1.29, 1.82) is 0 Å². The van der Waals surface area contributed by atoms with Gasteiger partial charge in [-0.05, 0) is 25.0 Å². The van der Waals surface area contributed by atoms with Crippen molar-refractivity contribution < 1.29 is 15.0 Å². The molecule has 1 aliphatic heterocycles. The van der Waals surface area contributed by atoms with Crippen LogP contribution in [-0.2, 0) is 11.3 Å². The number of benzene rings is 1. The molecule has 0 aliphatic carbocycles. The molecule has 0 saturated carbocycles. The normalized spacial score (nSPS) is 20.5. The molecular formula is C14H19NO3. The zero-order valence-electron chi connectivity index (χ0n) is 10.8. The van der Waals surface area contributed by atoms with Gasteiger partial charge in [0.1, 0.15) is 0 Å². The summed E-state index contributed by atoms with van der Waals surface area (Å²) in [5, 5.41) is 19.2. The van der Waals surface area contributed by atoms with Gasteiger partial charge in [0.15, 0.2) is 0 Å². The number of hydrogen-bond donors (Lipinski definition) is 2. The number of rotatable bonds is 3. The molecular weight excluding hydrogens is 230 g/mol. The number of carbonyl (C=O) groups is 1. The van der Waals surface area contributed by atoms with Gasteiger partial charge in [-0.15, -0.1) is 0 Å². The molecule has 4 nitrogen and oxygen atoms in total. The van der Waals surface area contributed by atoms with Crippen LogP contribution in [0, 0.1) is 0 Å². The summed E-state index contributed by atoms with van der Waals surface area (Å²) in [6.45, 7) is 5.11. The van der Waals surface area contributed by atoms with Gasteiger partial charge in [-0.3, -0.25) is 9.69 Å². The maximum atomic E-state index is 11.3. The number of carboxylic acids is 1. The number of aliphatic hydroxyl groups is 1. The van der Waals surface area contributed by atoms with Crippen LogP contribution in [0.5, 0.6) is 0 Å². The molecule has 0 saturated heterocycles. The Kier molecular flexibility index (Phi) is 3.41. The Morgan fingerprint density at radius 1 is 1.44 bits per heavy atom. The number of aliphatic carboxylic acids is 1. The summed E-state index contributed by atoms with van der Waals surface area (Å²) < 4.78 is 0. The van der Waals surface area contributed by atoms with E-state index in [1.807, 2.05) is 29.2 Å². The van der Waals surface area contributed by atoms with Crippen molar-refractivity contribution in [3.05, 3.63) is 35.4 Å². The van der Waals surface area contributed by atoms with Gasteiger partial charge in [0, 0.05) is 19.6 Å².